The van der Waals surface area contributed by atoms with Gasteiger partial charge in [0.1, 0.15) is 0 Å². The summed E-state index contributed by atoms with van der Waals surface area (Å²) in [5, 5.41) is 0. The van der Waals surface area contributed by atoms with Crippen LogP contribution in [0.5, 0.6) is 0 Å². The Kier molecular flexibility index (Phi) is 2.46. The van der Waals surface area contributed by atoms with Crippen molar-refractivity contribution in [3.05, 3.63) is 47.0 Å². The van der Waals surface area contributed by atoms with Crippen molar-refractivity contribution in [2.45, 2.75) is 13.3 Å². The molecule has 0 N–H and O–H groups in total. The number of ether oxygens (including phenoxy) is 1. The third kappa shape index (κ3) is 1.99. The Balaban J connectivity index is 2.11. The molecule has 0 saturated heterocycles. The van der Waals surface area contributed by atoms with Crippen LogP contribution in [0.15, 0.2) is 41.5 Å². The smallest absolute Gasteiger partial charge is 0.0687 e. The van der Waals surface area contributed by atoms with E-state index in [1.165, 1.54) is 16.7 Å². The van der Waals surface area contributed by atoms with Gasteiger partial charge in [0, 0.05) is 0 Å². The van der Waals surface area contributed by atoms with Crippen LogP contribution in [0.1, 0.15) is 12.5 Å². The summed E-state index contributed by atoms with van der Waals surface area (Å²) in [6.07, 6.45) is 1.05. The van der Waals surface area contributed by atoms with Crippen LogP contribution in [0.4, 0.5) is 0 Å². The molecule has 0 radical (unpaired) electrons. The fourth-order valence-electron chi connectivity index (χ4n) is 1.60. The molecule has 1 heteroatoms. The normalized spacial score (nSPS) is 16.7. The van der Waals surface area contributed by atoms with Crippen molar-refractivity contribution in [1.29, 1.82) is 0 Å². The Bertz CT molecular complexity index is 311. The summed E-state index contributed by atoms with van der Waals surface area (Å²) < 4.78 is 5.37. The first-order chi connectivity index (χ1) is 6.36. The number of benzene rings is 1. The SMILES string of the molecule is CC1=C(Cc2ccccc2)COC1. The van der Waals surface area contributed by atoms with E-state index in [9.17, 15) is 0 Å². The zero-order valence-electron chi connectivity index (χ0n) is 7.92. The first-order valence-corrected chi connectivity index (χ1v) is 4.65. The molecule has 0 bridgehead atoms. The summed E-state index contributed by atoms with van der Waals surface area (Å²) in [5.74, 6) is 0. The van der Waals surface area contributed by atoms with E-state index in [-0.39, 0.29) is 0 Å². The molecule has 1 aliphatic heterocycles. The Morgan fingerprint density at radius 3 is 2.54 bits per heavy atom. The molecule has 1 nitrogen and oxygen atoms in total. The van der Waals surface area contributed by atoms with Crippen molar-refractivity contribution in [2.75, 3.05) is 13.2 Å². The van der Waals surface area contributed by atoms with Crippen LogP contribution >= 0.6 is 0 Å². The molecule has 0 aromatic heterocycles. The van der Waals surface area contributed by atoms with Gasteiger partial charge in [0.05, 0.1) is 13.2 Å². The second kappa shape index (κ2) is 3.75. The quantitative estimate of drug-likeness (QED) is 0.626. The van der Waals surface area contributed by atoms with E-state index in [2.05, 4.69) is 37.3 Å². The summed E-state index contributed by atoms with van der Waals surface area (Å²) in [6, 6.07) is 10.6. The number of rotatable bonds is 2. The Morgan fingerprint density at radius 1 is 1.15 bits per heavy atom. The maximum Gasteiger partial charge on any atom is 0.0687 e. The predicted octanol–water partition coefficient (Wildman–Crippen LogP) is 2.58. The van der Waals surface area contributed by atoms with E-state index in [1.54, 1.807) is 0 Å². The second-order valence-electron chi connectivity index (χ2n) is 3.54. The van der Waals surface area contributed by atoms with Gasteiger partial charge in [-0.05, 0) is 30.1 Å². The van der Waals surface area contributed by atoms with E-state index < -0.39 is 0 Å². The molecule has 1 heterocycles. The van der Waals surface area contributed by atoms with Gasteiger partial charge in [-0.15, -0.1) is 0 Å². The zero-order chi connectivity index (χ0) is 9.10. The van der Waals surface area contributed by atoms with Gasteiger partial charge in [-0.25, -0.2) is 0 Å². The summed E-state index contributed by atoms with van der Waals surface area (Å²) in [4.78, 5) is 0. The molecule has 13 heavy (non-hydrogen) atoms. The minimum Gasteiger partial charge on any atom is -0.373 e. The molecule has 0 aliphatic carbocycles. The van der Waals surface area contributed by atoms with E-state index in [0.717, 1.165) is 19.6 Å². The summed E-state index contributed by atoms with van der Waals surface area (Å²) in [7, 11) is 0. The first kappa shape index (κ1) is 8.52. The monoisotopic (exact) mass is 174 g/mol. The van der Waals surface area contributed by atoms with Crippen LogP contribution in [0.25, 0.3) is 0 Å². The van der Waals surface area contributed by atoms with Crippen molar-refractivity contribution in [1.82, 2.24) is 0 Å². The fraction of sp³-hybridized carbons (Fsp3) is 0.333. The highest BCUT2D eigenvalue weighted by molar-refractivity contribution is 5.26. The molecular weight excluding hydrogens is 160 g/mol. The van der Waals surface area contributed by atoms with Crippen LogP contribution in [-0.2, 0) is 11.2 Å². The second-order valence-corrected chi connectivity index (χ2v) is 3.54. The zero-order valence-corrected chi connectivity index (χ0v) is 7.92. The van der Waals surface area contributed by atoms with Crippen LogP contribution in [-0.4, -0.2) is 13.2 Å². The Morgan fingerprint density at radius 2 is 1.92 bits per heavy atom. The summed E-state index contributed by atoms with van der Waals surface area (Å²) in [5.41, 5.74) is 4.23. The van der Waals surface area contributed by atoms with Crippen molar-refractivity contribution in [3.63, 3.8) is 0 Å². The lowest BCUT2D eigenvalue weighted by Crippen LogP contribution is -1.93. The third-order valence-corrected chi connectivity index (χ3v) is 2.46. The van der Waals surface area contributed by atoms with Crippen molar-refractivity contribution in [2.24, 2.45) is 0 Å². The molecule has 0 amide bonds. The van der Waals surface area contributed by atoms with E-state index >= 15 is 0 Å². The molecule has 0 unspecified atom stereocenters. The topological polar surface area (TPSA) is 9.23 Å². The molecule has 0 atom stereocenters. The molecule has 0 saturated carbocycles. The standard InChI is InChI=1S/C12H14O/c1-10-8-13-9-12(10)7-11-5-3-2-4-6-11/h2-6H,7-9H2,1H3. The van der Waals surface area contributed by atoms with Gasteiger partial charge in [0.15, 0.2) is 0 Å². The Hall–Kier alpha value is -1.08. The van der Waals surface area contributed by atoms with Crippen molar-refractivity contribution in [3.8, 4) is 0 Å². The van der Waals surface area contributed by atoms with E-state index in [0.29, 0.717) is 0 Å². The van der Waals surface area contributed by atoms with E-state index in [4.69, 9.17) is 4.74 Å². The molecule has 0 fully saturated rings. The summed E-state index contributed by atoms with van der Waals surface area (Å²) >= 11 is 0. The lowest BCUT2D eigenvalue weighted by Gasteiger charge is -2.02. The largest absolute Gasteiger partial charge is 0.373 e. The van der Waals surface area contributed by atoms with Crippen LogP contribution in [0, 0.1) is 0 Å². The van der Waals surface area contributed by atoms with Gasteiger partial charge in [0.2, 0.25) is 0 Å². The van der Waals surface area contributed by atoms with Gasteiger partial charge < -0.3 is 4.74 Å². The molecule has 2 rings (SSSR count). The maximum atomic E-state index is 5.37. The van der Waals surface area contributed by atoms with Gasteiger partial charge in [-0.3, -0.25) is 0 Å². The average Bonchev–Trinajstić information content (AvgIpc) is 2.54. The van der Waals surface area contributed by atoms with Crippen LogP contribution in [0.2, 0.25) is 0 Å². The van der Waals surface area contributed by atoms with Crippen LogP contribution < -0.4 is 0 Å². The highest BCUT2D eigenvalue weighted by Gasteiger charge is 2.10. The highest BCUT2D eigenvalue weighted by Crippen LogP contribution is 2.17. The van der Waals surface area contributed by atoms with Crippen molar-refractivity contribution < 1.29 is 4.74 Å². The van der Waals surface area contributed by atoms with Crippen molar-refractivity contribution >= 4 is 0 Å². The molecule has 68 valence electrons. The molecule has 1 aromatic carbocycles. The Labute approximate surface area is 79.0 Å². The number of hydrogen-bond donors (Lipinski definition) is 0. The van der Waals surface area contributed by atoms with E-state index in [1.807, 2.05) is 0 Å². The molecular formula is C12H14O. The predicted molar refractivity (Wildman–Crippen MR) is 53.7 cm³/mol. The van der Waals surface area contributed by atoms with Gasteiger partial charge >= 0.3 is 0 Å². The maximum absolute atomic E-state index is 5.37. The van der Waals surface area contributed by atoms with Crippen LogP contribution in [0.3, 0.4) is 0 Å². The first-order valence-electron chi connectivity index (χ1n) is 4.65. The molecule has 1 aliphatic rings. The molecule has 0 spiro atoms. The minimum atomic E-state index is 0.820. The minimum absolute atomic E-state index is 0.820. The highest BCUT2D eigenvalue weighted by atomic mass is 16.5. The third-order valence-electron chi connectivity index (χ3n) is 2.46. The van der Waals surface area contributed by atoms with Gasteiger partial charge in [0.25, 0.3) is 0 Å². The molecule has 1 aromatic rings. The summed E-state index contributed by atoms with van der Waals surface area (Å²) in [6.45, 7) is 3.80. The lowest BCUT2D eigenvalue weighted by atomic mass is 10.0. The average molecular weight is 174 g/mol. The number of hydrogen-bond acceptors (Lipinski definition) is 1. The van der Waals surface area contributed by atoms with Gasteiger partial charge in [-0.1, -0.05) is 30.3 Å². The van der Waals surface area contributed by atoms with Gasteiger partial charge in [-0.2, -0.15) is 0 Å². The lowest BCUT2D eigenvalue weighted by molar-refractivity contribution is 0.203. The fourth-order valence-corrected chi connectivity index (χ4v) is 1.60.